The van der Waals surface area contributed by atoms with Crippen LogP contribution in [0.15, 0.2) is 0 Å². The first-order valence-electron chi connectivity index (χ1n) is 2.88. The van der Waals surface area contributed by atoms with E-state index in [4.69, 9.17) is 5.26 Å². The molecule has 1 saturated carbocycles. The van der Waals surface area contributed by atoms with Gasteiger partial charge >= 0.3 is 0 Å². The number of rotatable bonds is 2. The minimum atomic E-state index is -3.20. The summed E-state index contributed by atoms with van der Waals surface area (Å²) < 4.78 is 23.4. The number of nitrogens with zero attached hydrogens (tertiary/aromatic N) is 1. The Morgan fingerprint density at radius 3 is 2.20 bits per heavy atom. The molecule has 5 heteroatoms. The van der Waals surface area contributed by atoms with Crippen LogP contribution in [0.5, 0.6) is 0 Å². The second kappa shape index (κ2) is 1.94. The Morgan fingerprint density at radius 1 is 1.60 bits per heavy atom. The second-order valence-corrected chi connectivity index (χ2v) is 4.32. The average Bonchev–Trinajstić information content (AvgIpc) is 2.45. The summed E-state index contributed by atoms with van der Waals surface area (Å²) in [6.07, 6.45) is 2.33. The van der Waals surface area contributed by atoms with Gasteiger partial charge in [0.15, 0.2) is 0 Å². The van der Waals surface area contributed by atoms with E-state index in [1.54, 1.807) is 0 Å². The molecule has 0 unspecified atom stereocenters. The van der Waals surface area contributed by atoms with Crippen molar-refractivity contribution in [3.63, 3.8) is 0 Å². The van der Waals surface area contributed by atoms with Crippen molar-refractivity contribution in [2.75, 3.05) is 6.26 Å². The van der Waals surface area contributed by atoms with Gasteiger partial charge in [0.05, 0.1) is 12.3 Å². The Balaban J connectivity index is 2.65. The van der Waals surface area contributed by atoms with Gasteiger partial charge in [-0.1, -0.05) is 0 Å². The molecule has 1 aliphatic carbocycles. The molecular formula is C5H8N2O2S. The molecule has 0 aromatic rings. The van der Waals surface area contributed by atoms with Gasteiger partial charge < -0.3 is 0 Å². The number of nitrogens with one attached hydrogen (secondary N) is 1. The van der Waals surface area contributed by atoms with Gasteiger partial charge in [-0.05, 0) is 12.8 Å². The molecule has 1 fully saturated rings. The van der Waals surface area contributed by atoms with Crippen LogP contribution in [0.1, 0.15) is 12.8 Å². The van der Waals surface area contributed by atoms with E-state index in [2.05, 4.69) is 4.72 Å². The van der Waals surface area contributed by atoms with Crippen molar-refractivity contribution in [2.24, 2.45) is 0 Å². The minimum Gasteiger partial charge on any atom is -0.213 e. The zero-order valence-corrected chi connectivity index (χ0v) is 6.40. The summed E-state index contributed by atoms with van der Waals surface area (Å²) in [6, 6.07) is 1.92. The fourth-order valence-corrected chi connectivity index (χ4v) is 1.68. The maximum atomic E-state index is 10.6. The highest BCUT2D eigenvalue weighted by molar-refractivity contribution is 7.88. The van der Waals surface area contributed by atoms with E-state index in [9.17, 15) is 8.42 Å². The lowest BCUT2D eigenvalue weighted by Gasteiger charge is -2.04. The molecule has 1 aliphatic rings. The highest BCUT2D eigenvalue weighted by atomic mass is 32.2. The van der Waals surface area contributed by atoms with Gasteiger partial charge in [-0.15, -0.1) is 0 Å². The fourth-order valence-electron chi connectivity index (χ4n) is 0.717. The van der Waals surface area contributed by atoms with Crippen molar-refractivity contribution in [1.29, 1.82) is 5.26 Å². The molecule has 1 N–H and O–H groups in total. The molecule has 0 spiro atoms. The number of hydrogen-bond donors (Lipinski definition) is 1. The van der Waals surface area contributed by atoms with Crippen LogP contribution in [-0.4, -0.2) is 20.2 Å². The van der Waals surface area contributed by atoms with Crippen LogP contribution in [0.25, 0.3) is 0 Å². The molecule has 0 atom stereocenters. The summed E-state index contributed by atoms with van der Waals surface area (Å²) >= 11 is 0. The van der Waals surface area contributed by atoms with E-state index in [1.807, 2.05) is 6.07 Å². The van der Waals surface area contributed by atoms with E-state index in [1.165, 1.54) is 0 Å². The van der Waals surface area contributed by atoms with Gasteiger partial charge in [-0.2, -0.15) is 9.98 Å². The molecule has 0 heterocycles. The van der Waals surface area contributed by atoms with Gasteiger partial charge in [0.2, 0.25) is 10.0 Å². The van der Waals surface area contributed by atoms with Crippen LogP contribution in [0, 0.1) is 11.3 Å². The summed E-state index contributed by atoms with van der Waals surface area (Å²) in [5.74, 6) is 0. The van der Waals surface area contributed by atoms with Crippen molar-refractivity contribution in [1.82, 2.24) is 4.72 Å². The van der Waals surface area contributed by atoms with E-state index in [0.717, 1.165) is 6.26 Å². The third kappa shape index (κ3) is 1.69. The predicted octanol–water partition coefficient (Wildman–Crippen LogP) is -0.408. The van der Waals surface area contributed by atoms with Crippen LogP contribution in [0.3, 0.4) is 0 Å². The maximum absolute atomic E-state index is 10.6. The molecule has 0 radical (unpaired) electrons. The van der Waals surface area contributed by atoms with Crippen LogP contribution in [-0.2, 0) is 10.0 Å². The maximum Gasteiger partial charge on any atom is 0.210 e. The lowest BCUT2D eigenvalue weighted by Crippen LogP contribution is -2.34. The monoisotopic (exact) mass is 160 g/mol. The molecule has 0 bridgehead atoms. The van der Waals surface area contributed by atoms with Gasteiger partial charge in [0.25, 0.3) is 0 Å². The Bertz CT molecular complexity index is 271. The first-order chi connectivity index (χ1) is 4.47. The first-order valence-corrected chi connectivity index (χ1v) is 4.77. The molecule has 0 aliphatic heterocycles. The van der Waals surface area contributed by atoms with Crippen molar-refractivity contribution in [2.45, 2.75) is 18.4 Å². The topological polar surface area (TPSA) is 70.0 Å². The minimum absolute atomic E-state index is 0.635. The zero-order chi connectivity index (χ0) is 7.83. The largest absolute Gasteiger partial charge is 0.213 e. The average molecular weight is 160 g/mol. The number of hydrogen-bond acceptors (Lipinski definition) is 3. The molecule has 1 rings (SSSR count). The van der Waals surface area contributed by atoms with Crippen LogP contribution < -0.4 is 4.72 Å². The lowest BCUT2D eigenvalue weighted by atomic mass is 10.3. The highest BCUT2D eigenvalue weighted by Crippen LogP contribution is 2.34. The quantitative estimate of drug-likeness (QED) is 0.597. The molecule has 10 heavy (non-hydrogen) atoms. The summed E-state index contributed by atoms with van der Waals surface area (Å²) in [6.45, 7) is 0. The Labute approximate surface area is 59.9 Å². The Kier molecular flexibility index (Phi) is 1.46. The van der Waals surface area contributed by atoms with Crippen LogP contribution in [0.2, 0.25) is 0 Å². The second-order valence-electron chi connectivity index (χ2n) is 2.57. The molecule has 0 aromatic heterocycles. The molecular weight excluding hydrogens is 152 g/mol. The van der Waals surface area contributed by atoms with E-state index in [0.29, 0.717) is 12.8 Å². The van der Waals surface area contributed by atoms with Crippen molar-refractivity contribution >= 4 is 10.0 Å². The van der Waals surface area contributed by atoms with Gasteiger partial charge in [-0.25, -0.2) is 8.42 Å². The Morgan fingerprint density at radius 2 is 2.10 bits per heavy atom. The predicted molar refractivity (Wildman–Crippen MR) is 35.6 cm³/mol. The zero-order valence-electron chi connectivity index (χ0n) is 5.59. The Hall–Kier alpha value is -0.600. The molecule has 56 valence electrons. The van der Waals surface area contributed by atoms with E-state index in [-0.39, 0.29) is 0 Å². The van der Waals surface area contributed by atoms with Gasteiger partial charge in [0, 0.05) is 0 Å². The summed E-state index contributed by atoms with van der Waals surface area (Å²) in [5.41, 5.74) is -0.756. The summed E-state index contributed by atoms with van der Waals surface area (Å²) in [5, 5.41) is 8.44. The normalized spacial score (nSPS) is 21.6. The van der Waals surface area contributed by atoms with E-state index >= 15 is 0 Å². The standard InChI is InChI=1S/C5H8N2O2S/c1-10(8,9)7-5(4-6)2-3-5/h7H,2-3H2,1H3. The summed E-state index contributed by atoms with van der Waals surface area (Å²) in [7, 11) is -3.20. The van der Waals surface area contributed by atoms with Gasteiger partial charge in [0.1, 0.15) is 5.54 Å². The SMILES string of the molecule is CS(=O)(=O)NC1(C#N)CC1. The van der Waals surface area contributed by atoms with Crippen molar-refractivity contribution < 1.29 is 8.42 Å². The van der Waals surface area contributed by atoms with Crippen LogP contribution >= 0.6 is 0 Å². The lowest BCUT2D eigenvalue weighted by molar-refractivity contribution is 0.577. The molecule has 0 saturated heterocycles. The van der Waals surface area contributed by atoms with Gasteiger partial charge in [-0.3, -0.25) is 0 Å². The third-order valence-electron chi connectivity index (χ3n) is 1.34. The fraction of sp³-hybridized carbons (Fsp3) is 0.800. The molecule has 4 nitrogen and oxygen atoms in total. The van der Waals surface area contributed by atoms with Crippen molar-refractivity contribution in [3.05, 3.63) is 0 Å². The van der Waals surface area contributed by atoms with E-state index < -0.39 is 15.6 Å². The van der Waals surface area contributed by atoms with Crippen molar-refractivity contribution in [3.8, 4) is 6.07 Å². The molecule has 0 aromatic carbocycles. The third-order valence-corrected chi connectivity index (χ3v) is 2.11. The smallest absolute Gasteiger partial charge is 0.210 e. The summed E-state index contributed by atoms with van der Waals surface area (Å²) in [4.78, 5) is 0. The highest BCUT2D eigenvalue weighted by Gasteiger charge is 2.45. The number of sulfonamides is 1. The molecule has 0 amide bonds. The number of nitriles is 1. The van der Waals surface area contributed by atoms with Crippen LogP contribution in [0.4, 0.5) is 0 Å². The first kappa shape index (κ1) is 7.51.